The predicted molar refractivity (Wildman–Crippen MR) is 70.2 cm³/mol. The number of allylic oxidation sites excluding steroid dienone is 1. The summed E-state index contributed by atoms with van der Waals surface area (Å²) in [6.45, 7) is 3.33. The molecule has 4 nitrogen and oxygen atoms in total. The van der Waals surface area contributed by atoms with Gasteiger partial charge in [0.15, 0.2) is 6.61 Å². The molecule has 96 valence electrons. The summed E-state index contributed by atoms with van der Waals surface area (Å²) >= 11 is 0. The number of para-hydroxylation sites is 1. The fourth-order valence-corrected chi connectivity index (χ4v) is 1.30. The van der Waals surface area contributed by atoms with Gasteiger partial charge in [-0.3, -0.25) is 4.79 Å². The molecule has 4 heteroatoms. The Kier molecular flexibility index (Phi) is 5.11. The number of amides is 1. The number of carbonyl (C=O) groups excluding carboxylic acids is 2. The number of esters is 1. The average molecular weight is 247 g/mol. The van der Waals surface area contributed by atoms with Gasteiger partial charge in [-0.1, -0.05) is 23.8 Å². The van der Waals surface area contributed by atoms with Crippen LogP contribution in [-0.2, 0) is 14.3 Å². The zero-order chi connectivity index (χ0) is 13.5. The SMILES string of the molecule is CC(C)=CC(=O)OCC(=O)N(C)c1ccccc1. The second-order valence-corrected chi connectivity index (χ2v) is 4.12. The second-order valence-electron chi connectivity index (χ2n) is 4.12. The van der Waals surface area contributed by atoms with Crippen molar-refractivity contribution in [3.8, 4) is 0 Å². The Bertz CT molecular complexity index is 447. The summed E-state index contributed by atoms with van der Waals surface area (Å²) in [5, 5.41) is 0. The van der Waals surface area contributed by atoms with Gasteiger partial charge < -0.3 is 9.64 Å². The Balaban J connectivity index is 2.52. The Morgan fingerprint density at radius 1 is 1.22 bits per heavy atom. The maximum absolute atomic E-state index is 11.8. The van der Waals surface area contributed by atoms with E-state index in [0.29, 0.717) is 0 Å². The summed E-state index contributed by atoms with van der Waals surface area (Å²) in [5.41, 5.74) is 1.60. The third kappa shape index (κ3) is 4.41. The molecule has 0 fully saturated rings. The zero-order valence-corrected chi connectivity index (χ0v) is 10.8. The Morgan fingerprint density at radius 2 is 1.83 bits per heavy atom. The molecule has 0 aliphatic heterocycles. The van der Waals surface area contributed by atoms with Crippen LogP contribution in [0.5, 0.6) is 0 Å². The van der Waals surface area contributed by atoms with Crippen molar-refractivity contribution in [1.82, 2.24) is 0 Å². The van der Waals surface area contributed by atoms with Gasteiger partial charge in [0.2, 0.25) is 0 Å². The monoisotopic (exact) mass is 247 g/mol. The minimum absolute atomic E-state index is 0.256. The minimum Gasteiger partial charge on any atom is -0.452 e. The van der Waals surface area contributed by atoms with E-state index >= 15 is 0 Å². The molecule has 0 bridgehead atoms. The van der Waals surface area contributed by atoms with E-state index in [-0.39, 0.29) is 12.5 Å². The number of carbonyl (C=O) groups is 2. The lowest BCUT2D eigenvalue weighted by atomic mass is 10.3. The summed E-state index contributed by atoms with van der Waals surface area (Å²) in [6, 6.07) is 9.19. The molecule has 1 amide bonds. The van der Waals surface area contributed by atoms with Crippen LogP contribution in [0, 0.1) is 0 Å². The molecule has 0 unspecified atom stereocenters. The van der Waals surface area contributed by atoms with E-state index < -0.39 is 5.97 Å². The number of hydrogen-bond donors (Lipinski definition) is 0. The van der Waals surface area contributed by atoms with E-state index in [4.69, 9.17) is 4.74 Å². The van der Waals surface area contributed by atoms with Crippen LogP contribution in [0.1, 0.15) is 13.8 Å². The molecule has 0 aromatic heterocycles. The predicted octanol–water partition coefficient (Wildman–Crippen LogP) is 2.16. The standard InChI is InChI=1S/C14H17NO3/c1-11(2)9-14(17)18-10-13(16)15(3)12-7-5-4-6-8-12/h4-9H,10H2,1-3H3. The van der Waals surface area contributed by atoms with Crippen LogP contribution in [0.3, 0.4) is 0 Å². The van der Waals surface area contributed by atoms with Crippen molar-refractivity contribution in [2.24, 2.45) is 0 Å². The number of anilines is 1. The fourth-order valence-electron chi connectivity index (χ4n) is 1.30. The first kappa shape index (κ1) is 14.0. The van der Waals surface area contributed by atoms with Gasteiger partial charge in [-0.2, -0.15) is 0 Å². The van der Waals surface area contributed by atoms with Crippen molar-refractivity contribution in [3.05, 3.63) is 42.0 Å². The lowest BCUT2D eigenvalue weighted by molar-refractivity contribution is -0.142. The van der Waals surface area contributed by atoms with Crippen LogP contribution in [0.25, 0.3) is 0 Å². The van der Waals surface area contributed by atoms with Crippen molar-refractivity contribution >= 4 is 17.6 Å². The van der Waals surface area contributed by atoms with Crippen molar-refractivity contribution < 1.29 is 14.3 Å². The third-order valence-corrected chi connectivity index (χ3v) is 2.26. The van der Waals surface area contributed by atoms with E-state index in [1.165, 1.54) is 11.0 Å². The van der Waals surface area contributed by atoms with Gasteiger partial charge in [0, 0.05) is 18.8 Å². The molecular weight excluding hydrogens is 230 g/mol. The third-order valence-electron chi connectivity index (χ3n) is 2.26. The van der Waals surface area contributed by atoms with E-state index in [9.17, 15) is 9.59 Å². The van der Waals surface area contributed by atoms with Gasteiger partial charge >= 0.3 is 5.97 Å². The average Bonchev–Trinajstić information content (AvgIpc) is 2.35. The zero-order valence-electron chi connectivity index (χ0n) is 10.8. The van der Waals surface area contributed by atoms with Crippen molar-refractivity contribution in [3.63, 3.8) is 0 Å². The molecule has 0 saturated heterocycles. The normalized spacial score (nSPS) is 9.50. The van der Waals surface area contributed by atoms with Crippen molar-refractivity contribution in [2.75, 3.05) is 18.6 Å². The molecule has 1 aromatic carbocycles. The number of benzene rings is 1. The molecule has 0 atom stereocenters. The molecule has 0 saturated carbocycles. The highest BCUT2D eigenvalue weighted by Gasteiger charge is 2.12. The lowest BCUT2D eigenvalue weighted by Gasteiger charge is -2.16. The van der Waals surface area contributed by atoms with Gasteiger partial charge in [-0.25, -0.2) is 4.79 Å². The summed E-state index contributed by atoms with van der Waals surface area (Å²) in [5.74, 6) is -0.762. The van der Waals surface area contributed by atoms with E-state index in [1.54, 1.807) is 20.9 Å². The smallest absolute Gasteiger partial charge is 0.331 e. The van der Waals surface area contributed by atoms with Gasteiger partial charge in [0.05, 0.1) is 0 Å². The molecule has 0 aliphatic carbocycles. The number of nitrogens with zero attached hydrogens (tertiary/aromatic N) is 1. The van der Waals surface area contributed by atoms with E-state index in [1.807, 2.05) is 30.3 Å². The number of rotatable bonds is 4. The summed E-state index contributed by atoms with van der Waals surface area (Å²) in [6.07, 6.45) is 1.36. The summed E-state index contributed by atoms with van der Waals surface area (Å²) in [7, 11) is 1.65. The molecule has 0 spiro atoms. The van der Waals surface area contributed by atoms with Gasteiger partial charge in [0.25, 0.3) is 5.91 Å². The topological polar surface area (TPSA) is 46.6 Å². The maximum atomic E-state index is 11.8. The Morgan fingerprint density at radius 3 is 2.39 bits per heavy atom. The highest BCUT2D eigenvalue weighted by atomic mass is 16.5. The fraction of sp³-hybridized carbons (Fsp3) is 0.286. The molecule has 0 heterocycles. The molecule has 0 N–H and O–H groups in total. The van der Waals surface area contributed by atoms with Crippen LogP contribution in [0.4, 0.5) is 5.69 Å². The first-order chi connectivity index (χ1) is 8.50. The highest BCUT2D eigenvalue weighted by Crippen LogP contribution is 2.10. The van der Waals surface area contributed by atoms with Crippen LogP contribution in [0.2, 0.25) is 0 Å². The van der Waals surface area contributed by atoms with Crippen molar-refractivity contribution in [2.45, 2.75) is 13.8 Å². The maximum Gasteiger partial charge on any atom is 0.331 e. The first-order valence-corrected chi connectivity index (χ1v) is 5.64. The van der Waals surface area contributed by atoms with Crippen LogP contribution >= 0.6 is 0 Å². The lowest BCUT2D eigenvalue weighted by Crippen LogP contribution is -2.30. The van der Waals surface area contributed by atoms with Crippen molar-refractivity contribution in [1.29, 1.82) is 0 Å². The van der Waals surface area contributed by atoms with Gasteiger partial charge in [-0.15, -0.1) is 0 Å². The Hall–Kier alpha value is -2.10. The van der Waals surface area contributed by atoms with Gasteiger partial charge in [-0.05, 0) is 26.0 Å². The van der Waals surface area contributed by atoms with Crippen LogP contribution in [-0.4, -0.2) is 25.5 Å². The Labute approximate surface area is 107 Å². The molecular formula is C14H17NO3. The molecule has 18 heavy (non-hydrogen) atoms. The molecule has 1 rings (SSSR count). The highest BCUT2D eigenvalue weighted by molar-refractivity contribution is 5.95. The van der Waals surface area contributed by atoms with E-state index in [2.05, 4.69) is 0 Å². The molecule has 0 aliphatic rings. The first-order valence-electron chi connectivity index (χ1n) is 5.64. The van der Waals surface area contributed by atoms with Crippen LogP contribution < -0.4 is 4.90 Å². The summed E-state index contributed by atoms with van der Waals surface area (Å²) < 4.78 is 4.85. The quantitative estimate of drug-likeness (QED) is 0.605. The second kappa shape index (κ2) is 6.59. The van der Waals surface area contributed by atoms with Gasteiger partial charge in [0.1, 0.15) is 0 Å². The molecule has 1 aromatic rings. The number of likely N-dealkylation sites (N-methyl/N-ethyl adjacent to an activating group) is 1. The molecule has 0 radical (unpaired) electrons. The minimum atomic E-state index is -0.496. The van der Waals surface area contributed by atoms with Crippen LogP contribution in [0.15, 0.2) is 42.0 Å². The largest absolute Gasteiger partial charge is 0.452 e. The number of hydrogen-bond acceptors (Lipinski definition) is 3. The summed E-state index contributed by atoms with van der Waals surface area (Å²) in [4.78, 5) is 24.5. The number of ether oxygens (including phenoxy) is 1. The van der Waals surface area contributed by atoms with E-state index in [0.717, 1.165) is 11.3 Å².